The first-order valence-electron chi connectivity index (χ1n) is 12.0. The number of hydrogen-bond acceptors (Lipinski definition) is 4. The van der Waals surface area contributed by atoms with Gasteiger partial charge in [-0.15, -0.1) is 0 Å². The van der Waals surface area contributed by atoms with Crippen LogP contribution in [-0.2, 0) is 20.4 Å². The van der Waals surface area contributed by atoms with E-state index in [1.807, 2.05) is 37.3 Å². The van der Waals surface area contributed by atoms with Gasteiger partial charge in [-0.25, -0.2) is 9.69 Å². The molecule has 1 fully saturated rings. The summed E-state index contributed by atoms with van der Waals surface area (Å²) in [5.41, 5.74) is 1.10. The number of cyclic esters (lactones) is 1. The molecule has 1 aromatic carbocycles. The number of hydrogen-bond donors (Lipinski definition) is 0. The summed E-state index contributed by atoms with van der Waals surface area (Å²) in [6.45, 7) is 18.7. The maximum Gasteiger partial charge on any atom is 0.416 e. The van der Waals surface area contributed by atoms with Crippen LogP contribution in [0.3, 0.4) is 0 Å². The summed E-state index contributed by atoms with van der Waals surface area (Å²) in [6, 6.07) is 9.71. The van der Waals surface area contributed by atoms with Crippen LogP contribution in [0.25, 0.3) is 0 Å². The van der Waals surface area contributed by atoms with Crippen molar-refractivity contribution in [2.75, 3.05) is 13.2 Å². The average Bonchev–Trinajstić information content (AvgIpc) is 3.05. The zero-order chi connectivity index (χ0) is 24.1. The van der Waals surface area contributed by atoms with E-state index < -0.39 is 14.4 Å². The zero-order valence-corrected chi connectivity index (χ0v) is 22.3. The van der Waals surface area contributed by atoms with Crippen LogP contribution in [-0.4, -0.2) is 44.5 Å². The van der Waals surface area contributed by atoms with E-state index >= 15 is 0 Å². The molecule has 1 aliphatic heterocycles. The highest BCUT2D eigenvalue weighted by Gasteiger charge is 2.40. The van der Waals surface area contributed by atoms with Crippen molar-refractivity contribution in [1.82, 2.24) is 4.90 Å². The number of carbonyl (C=O) groups excluding carboxylic acids is 2. The van der Waals surface area contributed by atoms with Gasteiger partial charge in [-0.3, -0.25) is 4.79 Å². The Morgan fingerprint density at radius 3 is 2.34 bits per heavy atom. The molecule has 0 aliphatic carbocycles. The van der Waals surface area contributed by atoms with Gasteiger partial charge in [-0.05, 0) is 54.8 Å². The number of benzene rings is 1. The Bertz CT molecular complexity index is 759. The summed E-state index contributed by atoms with van der Waals surface area (Å²) in [4.78, 5) is 26.8. The highest BCUT2D eigenvalue weighted by atomic mass is 28.4. The van der Waals surface area contributed by atoms with Crippen LogP contribution in [0.4, 0.5) is 4.79 Å². The van der Waals surface area contributed by atoms with Gasteiger partial charge in [0, 0.05) is 12.5 Å². The summed E-state index contributed by atoms with van der Waals surface area (Å²) in [5, 5.41) is 0.208. The summed E-state index contributed by atoms with van der Waals surface area (Å²) in [7, 11) is -1.75. The first-order valence-corrected chi connectivity index (χ1v) is 14.9. The van der Waals surface area contributed by atoms with Gasteiger partial charge in [0.25, 0.3) is 0 Å². The van der Waals surface area contributed by atoms with Crippen LogP contribution in [0.1, 0.15) is 59.9 Å². The molecule has 180 valence electrons. The first kappa shape index (κ1) is 26.6. The van der Waals surface area contributed by atoms with Crippen LogP contribution in [0.5, 0.6) is 0 Å². The predicted octanol–water partition coefficient (Wildman–Crippen LogP) is 6.29. The Hall–Kier alpha value is -1.66. The van der Waals surface area contributed by atoms with Gasteiger partial charge in [0.05, 0.1) is 6.04 Å². The quantitative estimate of drug-likeness (QED) is 0.384. The molecule has 4 atom stereocenters. The normalized spacial score (nSPS) is 20.1. The molecular formula is C26H43NO4Si. The third-order valence-corrected chi connectivity index (χ3v) is 11.5. The van der Waals surface area contributed by atoms with Gasteiger partial charge in [-0.2, -0.15) is 0 Å². The monoisotopic (exact) mass is 461 g/mol. The van der Waals surface area contributed by atoms with E-state index in [-0.39, 0.29) is 29.5 Å². The average molecular weight is 462 g/mol. The molecule has 2 amide bonds. The standard InChI is InChI=1S/C26H43NO4Si/c1-19(14-20(2)17-31-32(7,8)26(4,5)6)15-21(3)24(28)27-23(18-30-25(27)29)16-22-12-10-9-11-13-22/h9-13,19-21,23H,14-18H2,1-8H3/t19-,20+,21-,23-/m0/s1. The molecular weight excluding hydrogens is 418 g/mol. The van der Waals surface area contributed by atoms with E-state index in [1.54, 1.807) is 0 Å². The summed E-state index contributed by atoms with van der Waals surface area (Å²) in [5.74, 6) is 0.468. The molecule has 0 bridgehead atoms. The maximum atomic E-state index is 13.2. The Morgan fingerprint density at radius 2 is 1.75 bits per heavy atom. The maximum absolute atomic E-state index is 13.2. The number of carbonyl (C=O) groups is 2. The molecule has 1 heterocycles. The summed E-state index contributed by atoms with van der Waals surface area (Å²) < 4.78 is 11.6. The lowest BCUT2D eigenvalue weighted by molar-refractivity contribution is -0.133. The molecule has 0 N–H and O–H groups in total. The number of rotatable bonds is 10. The van der Waals surface area contributed by atoms with Crippen LogP contribution < -0.4 is 0 Å². The van der Waals surface area contributed by atoms with Crippen LogP contribution in [0.15, 0.2) is 30.3 Å². The Balaban J connectivity index is 1.88. The molecule has 1 aliphatic rings. The summed E-state index contributed by atoms with van der Waals surface area (Å²) >= 11 is 0. The Kier molecular flexibility index (Phi) is 9.12. The van der Waals surface area contributed by atoms with Crippen molar-refractivity contribution in [1.29, 1.82) is 0 Å². The molecule has 32 heavy (non-hydrogen) atoms. The van der Waals surface area contributed by atoms with Crippen molar-refractivity contribution >= 4 is 20.3 Å². The summed E-state index contributed by atoms with van der Waals surface area (Å²) in [6.07, 6.45) is 1.88. The van der Waals surface area contributed by atoms with E-state index in [2.05, 4.69) is 47.7 Å². The fourth-order valence-corrected chi connectivity index (χ4v) is 5.26. The fraction of sp³-hybridized carbons (Fsp3) is 0.692. The minimum Gasteiger partial charge on any atom is -0.447 e. The molecule has 0 saturated carbocycles. The minimum atomic E-state index is -1.75. The number of nitrogens with zero attached hydrogens (tertiary/aromatic N) is 1. The molecule has 5 nitrogen and oxygen atoms in total. The number of amides is 2. The highest BCUT2D eigenvalue weighted by molar-refractivity contribution is 6.74. The van der Waals surface area contributed by atoms with Crippen LogP contribution >= 0.6 is 0 Å². The lowest BCUT2D eigenvalue weighted by Crippen LogP contribution is -2.43. The first-order chi connectivity index (χ1) is 14.8. The molecule has 1 aromatic rings. The molecule has 0 aromatic heterocycles. The van der Waals surface area contributed by atoms with Crippen molar-refractivity contribution in [3.05, 3.63) is 35.9 Å². The molecule has 2 rings (SSSR count). The van der Waals surface area contributed by atoms with Gasteiger partial charge in [0.1, 0.15) is 6.61 Å². The molecule has 0 spiro atoms. The van der Waals surface area contributed by atoms with Gasteiger partial charge in [0.2, 0.25) is 5.91 Å². The van der Waals surface area contributed by atoms with Crippen LogP contribution in [0.2, 0.25) is 18.1 Å². The van der Waals surface area contributed by atoms with Crippen LogP contribution in [0, 0.1) is 17.8 Å². The Morgan fingerprint density at radius 1 is 1.12 bits per heavy atom. The molecule has 1 saturated heterocycles. The van der Waals surface area contributed by atoms with Crippen molar-refractivity contribution in [3.8, 4) is 0 Å². The second-order valence-electron chi connectivity index (χ2n) is 11.3. The van der Waals surface area contributed by atoms with E-state index in [4.69, 9.17) is 9.16 Å². The highest BCUT2D eigenvalue weighted by Crippen LogP contribution is 2.37. The SMILES string of the molecule is C[C@@H](CO[Si](C)(C)C(C)(C)C)C[C@H](C)C[C@H](C)C(=O)N1C(=O)OC[C@@H]1Cc1ccccc1. The molecule has 0 radical (unpaired) electrons. The lowest BCUT2D eigenvalue weighted by Gasteiger charge is -2.37. The van der Waals surface area contributed by atoms with E-state index in [9.17, 15) is 9.59 Å². The predicted molar refractivity (Wildman–Crippen MR) is 132 cm³/mol. The Labute approximate surface area is 196 Å². The second kappa shape index (κ2) is 11.0. The second-order valence-corrected chi connectivity index (χ2v) is 16.1. The van der Waals surface area contributed by atoms with Gasteiger partial charge in [0.15, 0.2) is 8.32 Å². The van der Waals surface area contributed by atoms with Gasteiger partial charge >= 0.3 is 6.09 Å². The van der Waals surface area contributed by atoms with E-state index in [0.717, 1.165) is 25.0 Å². The zero-order valence-electron chi connectivity index (χ0n) is 21.3. The van der Waals surface area contributed by atoms with E-state index in [0.29, 0.717) is 18.3 Å². The topological polar surface area (TPSA) is 55.8 Å². The smallest absolute Gasteiger partial charge is 0.416 e. The lowest BCUT2D eigenvalue weighted by atomic mass is 9.89. The number of imide groups is 1. The third kappa shape index (κ3) is 7.17. The van der Waals surface area contributed by atoms with E-state index in [1.165, 1.54) is 4.90 Å². The number of ether oxygens (including phenoxy) is 1. The van der Waals surface area contributed by atoms with Crippen molar-refractivity contribution in [3.63, 3.8) is 0 Å². The third-order valence-electron chi connectivity index (χ3n) is 7.03. The van der Waals surface area contributed by atoms with Crippen molar-refractivity contribution in [2.24, 2.45) is 17.8 Å². The van der Waals surface area contributed by atoms with Crippen molar-refractivity contribution < 1.29 is 18.8 Å². The fourth-order valence-electron chi connectivity index (χ4n) is 4.13. The molecule has 6 heteroatoms. The van der Waals surface area contributed by atoms with Gasteiger partial charge in [-0.1, -0.05) is 71.9 Å². The van der Waals surface area contributed by atoms with Gasteiger partial charge < -0.3 is 9.16 Å². The van der Waals surface area contributed by atoms with Crippen molar-refractivity contribution in [2.45, 2.75) is 85.0 Å². The largest absolute Gasteiger partial charge is 0.447 e. The minimum absolute atomic E-state index is 0.120. The molecule has 0 unspecified atom stereocenters.